The number of hydrogen-bond acceptors (Lipinski definition) is 1. The molecule has 0 aliphatic heterocycles. The molecule has 114 valence electrons. The van der Waals surface area contributed by atoms with Crippen LogP contribution in [0.4, 0.5) is 14.9 Å². The molecule has 2 atom stereocenters. The van der Waals surface area contributed by atoms with E-state index in [1.165, 1.54) is 22.6 Å². The van der Waals surface area contributed by atoms with Crippen LogP contribution >= 0.6 is 11.6 Å². The third kappa shape index (κ3) is 3.22. The maximum absolute atomic E-state index is 12.9. The predicted molar refractivity (Wildman–Crippen MR) is 85.9 cm³/mol. The van der Waals surface area contributed by atoms with Crippen molar-refractivity contribution in [2.24, 2.45) is 0 Å². The topological polar surface area (TPSA) is 32.3 Å². The van der Waals surface area contributed by atoms with Crippen LogP contribution in [-0.2, 0) is 0 Å². The fourth-order valence-corrected chi connectivity index (χ4v) is 2.60. The summed E-state index contributed by atoms with van der Waals surface area (Å²) < 4.78 is 12.9. The molecule has 0 radical (unpaired) electrons. The van der Waals surface area contributed by atoms with Crippen LogP contribution in [0.25, 0.3) is 0 Å². The van der Waals surface area contributed by atoms with Crippen molar-refractivity contribution in [3.63, 3.8) is 0 Å². The molecule has 1 N–H and O–H groups in total. The first-order valence-corrected chi connectivity index (χ1v) is 7.47. The lowest BCUT2D eigenvalue weighted by atomic mass is 10.1. The molecular weight excluding hydrogens is 303 g/mol. The van der Waals surface area contributed by atoms with Crippen molar-refractivity contribution in [3.8, 4) is 0 Å². The normalized spacial score (nSPS) is 19.6. The van der Waals surface area contributed by atoms with Gasteiger partial charge in [-0.15, -0.1) is 0 Å². The first-order chi connectivity index (χ1) is 10.5. The first kappa shape index (κ1) is 14.9. The molecule has 22 heavy (non-hydrogen) atoms. The van der Waals surface area contributed by atoms with Gasteiger partial charge in [0.2, 0.25) is 0 Å². The van der Waals surface area contributed by atoms with E-state index in [9.17, 15) is 9.18 Å². The lowest BCUT2D eigenvalue weighted by Crippen LogP contribution is -2.38. The van der Waals surface area contributed by atoms with E-state index in [1.54, 1.807) is 19.2 Å². The molecule has 5 heteroatoms. The van der Waals surface area contributed by atoms with E-state index in [4.69, 9.17) is 11.6 Å². The number of urea groups is 1. The van der Waals surface area contributed by atoms with Gasteiger partial charge in [-0.2, -0.15) is 0 Å². The zero-order chi connectivity index (χ0) is 15.7. The van der Waals surface area contributed by atoms with Gasteiger partial charge in [0.1, 0.15) is 5.82 Å². The van der Waals surface area contributed by atoms with Crippen LogP contribution in [0.3, 0.4) is 0 Å². The number of halogens is 2. The summed E-state index contributed by atoms with van der Waals surface area (Å²) in [5.74, 6) is 0.0189. The molecule has 0 unspecified atom stereocenters. The van der Waals surface area contributed by atoms with Gasteiger partial charge < -0.3 is 5.32 Å². The van der Waals surface area contributed by atoms with Crippen LogP contribution in [0, 0.1) is 5.82 Å². The molecule has 1 fully saturated rings. The smallest absolute Gasteiger partial charge is 0.321 e. The highest BCUT2D eigenvalue weighted by Gasteiger charge is 2.40. The Balaban J connectivity index is 1.59. The number of amides is 2. The van der Waals surface area contributed by atoms with E-state index in [2.05, 4.69) is 5.32 Å². The van der Waals surface area contributed by atoms with Crippen molar-refractivity contribution in [1.82, 2.24) is 5.32 Å². The third-order valence-electron chi connectivity index (χ3n) is 3.92. The maximum atomic E-state index is 12.9. The molecule has 0 heterocycles. The van der Waals surface area contributed by atoms with Crippen LogP contribution in [-0.4, -0.2) is 19.1 Å². The van der Waals surface area contributed by atoms with Crippen molar-refractivity contribution in [3.05, 3.63) is 64.9 Å². The molecule has 2 amide bonds. The summed E-state index contributed by atoms with van der Waals surface area (Å²) in [6.45, 7) is 0. The molecule has 0 bridgehead atoms. The maximum Gasteiger partial charge on any atom is 0.321 e. The highest BCUT2D eigenvalue weighted by Crippen LogP contribution is 2.41. The summed E-state index contributed by atoms with van der Waals surface area (Å²) in [6.07, 6.45) is 0.921. The summed E-state index contributed by atoms with van der Waals surface area (Å²) in [5.41, 5.74) is 1.83. The third-order valence-corrected chi connectivity index (χ3v) is 4.17. The first-order valence-electron chi connectivity index (χ1n) is 7.10. The number of nitrogens with zero attached hydrogens (tertiary/aromatic N) is 1. The Morgan fingerprint density at radius 2 is 1.82 bits per heavy atom. The molecule has 2 aromatic rings. The standard InChI is InChI=1S/C17H16ClFN2O/c1-21(14-8-6-13(19)7-9-14)17(22)20-16-10-15(16)11-2-4-12(18)5-3-11/h2-9,15-16H,10H2,1H3,(H,20,22)/t15-,16+/m0/s1. The fraction of sp³-hybridized carbons (Fsp3) is 0.235. The molecule has 3 rings (SSSR count). The van der Waals surface area contributed by atoms with Crippen LogP contribution in [0.15, 0.2) is 48.5 Å². The van der Waals surface area contributed by atoms with E-state index >= 15 is 0 Å². The molecule has 1 saturated carbocycles. The number of benzene rings is 2. The molecule has 1 aliphatic carbocycles. The molecule has 3 nitrogen and oxygen atoms in total. The van der Waals surface area contributed by atoms with Crippen molar-refractivity contribution in [1.29, 1.82) is 0 Å². The number of hydrogen-bond donors (Lipinski definition) is 1. The molecule has 1 aliphatic rings. The van der Waals surface area contributed by atoms with Crippen molar-refractivity contribution in [2.45, 2.75) is 18.4 Å². The molecular formula is C17H16ClFN2O. The molecule has 0 aromatic heterocycles. The SMILES string of the molecule is CN(C(=O)N[C@@H]1C[C@H]1c1ccc(Cl)cc1)c1ccc(F)cc1. The van der Waals surface area contributed by atoms with Crippen LogP contribution < -0.4 is 10.2 Å². The highest BCUT2D eigenvalue weighted by molar-refractivity contribution is 6.30. The molecule has 0 saturated heterocycles. The number of anilines is 1. The minimum atomic E-state index is -0.317. The van der Waals surface area contributed by atoms with E-state index in [1.807, 2.05) is 24.3 Å². The number of rotatable bonds is 3. The number of carbonyl (C=O) groups is 1. The second-order valence-corrected chi connectivity index (χ2v) is 5.92. The largest absolute Gasteiger partial charge is 0.334 e. The van der Waals surface area contributed by atoms with E-state index in [0.717, 1.165) is 6.42 Å². The summed E-state index contributed by atoms with van der Waals surface area (Å²) >= 11 is 5.87. The Morgan fingerprint density at radius 3 is 2.45 bits per heavy atom. The zero-order valence-corrected chi connectivity index (χ0v) is 12.8. The van der Waals surface area contributed by atoms with Crippen LogP contribution in [0.5, 0.6) is 0 Å². The van der Waals surface area contributed by atoms with Gasteiger partial charge in [0.25, 0.3) is 0 Å². The minimum absolute atomic E-state index is 0.136. The summed E-state index contributed by atoms with van der Waals surface area (Å²) in [6, 6.07) is 13.5. The van der Waals surface area contributed by atoms with E-state index in [0.29, 0.717) is 16.6 Å². The average molecular weight is 319 g/mol. The summed E-state index contributed by atoms with van der Waals surface area (Å²) in [7, 11) is 1.67. The summed E-state index contributed by atoms with van der Waals surface area (Å²) in [4.78, 5) is 13.7. The predicted octanol–water partition coefficient (Wildman–Crippen LogP) is 4.18. The average Bonchev–Trinajstić information content (AvgIpc) is 3.27. The van der Waals surface area contributed by atoms with Gasteiger partial charge >= 0.3 is 6.03 Å². The van der Waals surface area contributed by atoms with Gasteiger partial charge in [0.05, 0.1) is 0 Å². The van der Waals surface area contributed by atoms with Gasteiger partial charge in [0.15, 0.2) is 0 Å². The van der Waals surface area contributed by atoms with Crippen LogP contribution in [0.2, 0.25) is 5.02 Å². The van der Waals surface area contributed by atoms with Gasteiger partial charge in [-0.05, 0) is 48.4 Å². The number of nitrogens with one attached hydrogen (secondary N) is 1. The Bertz CT molecular complexity index is 672. The van der Waals surface area contributed by atoms with E-state index in [-0.39, 0.29) is 17.9 Å². The van der Waals surface area contributed by atoms with Crippen LogP contribution in [0.1, 0.15) is 17.9 Å². The quantitative estimate of drug-likeness (QED) is 0.904. The van der Waals surface area contributed by atoms with Gasteiger partial charge in [-0.1, -0.05) is 23.7 Å². The minimum Gasteiger partial charge on any atom is -0.334 e. The Kier molecular flexibility index (Phi) is 4.03. The van der Waals surface area contributed by atoms with Gasteiger partial charge in [-0.25, -0.2) is 9.18 Å². The van der Waals surface area contributed by atoms with Gasteiger partial charge in [0, 0.05) is 29.7 Å². The monoisotopic (exact) mass is 318 g/mol. The lowest BCUT2D eigenvalue weighted by Gasteiger charge is -2.18. The van der Waals surface area contributed by atoms with Crippen molar-refractivity contribution in [2.75, 3.05) is 11.9 Å². The van der Waals surface area contributed by atoms with Gasteiger partial charge in [-0.3, -0.25) is 4.90 Å². The molecule has 0 spiro atoms. The second-order valence-electron chi connectivity index (χ2n) is 5.49. The lowest BCUT2D eigenvalue weighted by molar-refractivity contribution is 0.247. The zero-order valence-electron chi connectivity index (χ0n) is 12.1. The Hall–Kier alpha value is -2.07. The van der Waals surface area contributed by atoms with Crippen molar-refractivity contribution < 1.29 is 9.18 Å². The summed E-state index contributed by atoms with van der Waals surface area (Å²) in [5, 5.41) is 3.70. The second kappa shape index (κ2) is 5.97. The molecule has 2 aromatic carbocycles. The van der Waals surface area contributed by atoms with E-state index < -0.39 is 0 Å². The van der Waals surface area contributed by atoms with Crippen molar-refractivity contribution >= 4 is 23.3 Å². The number of carbonyl (C=O) groups excluding carboxylic acids is 1. The highest BCUT2D eigenvalue weighted by atomic mass is 35.5. The Labute approximate surface area is 133 Å². The Morgan fingerprint density at radius 1 is 1.18 bits per heavy atom. The fourth-order valence-electron chi connectivity index (χ4n) is 2.47.